The minimum atomic E-state index is -0.643. The van der Waals surface area contributed by atoms with Crippen LogP contribution in [0.5, 0.6) is 0 Å². The summed E-state index contributed by atoms with van der Waals surface area (Å²) in [4.78, 5) is 53.9. The molecule has 3 fully saturated rings. The molecule has 2 saturated carbocycles. The number of Topliss-reactive ketones (excluding diaryl/α,β-unsaturated/α-hetero) is 1. The average Bonchev–Trinajstić information content (AvgIpc) is 3.62. The van der Waals surface area contributed by atoms with Crippen LogP contribution < -0.4 is 0 Å². The van der Waals surface area contributed by atoms with Crippen molar-refractivity contribution in [1.29, 1.82) is 0 Å². The van der Waals surface area contributed by atoms with Crippen LogP contribution in [0.4, 0.5) is 0 Å². The van der Waals surface area contributed by atoms with E-state index in [0.717, 1.165) is 16.4 Å². The van der Waals surface area contributed by atoms with Gasteiger partial charge in [0.15, 0.2) is 5.78 Å². The van der Waals surface area contributed by atoms with Crippen LogP contribution in [0.3, 0.4) is 0 Å². The minimum absolute atomic E-state index is 0.0218. The summed E-state index contributed by atoms with van der Waals surface area (Å²) in [5, 5.41) is 2.14. The van der Waals surface area contributed by atoms with Crippen LogP contribution in [0.2, 0.25) is 5.02 Å². The van der Waals surface area contributed by atoms with Crippen molar-refractivity contribution < 1.29 is 19.2 Å². The van der Waals surface area contributed by atoms with Crippen LogP contribution >= 0.6 is 11.6 Å². The summed E-state index contributed by atoms with van der Waals surface area (Å²) in [6.45, 7) is -0.430. The maximum Gasteiger partial charge on any atom is 0.274 e. The fraction of sp³-hybridized carbons (Fsp3) is 0.308. The van der Waals surface area contributed by atoms with Gasteiger partial charge in [-0.25, -0.2) is 5.01 Å². The summed E-state index contributed by atoms with van der Waals surface area (Å²) < 4.78 is 0. The summed E-state index contributed by atoms with van der Waals surface area (Å²) in [5.41, 5.74) is 0.536. The van der Waals surface area contributed by atoms with Crippen molar-refractivity contribution in [3.63, 3.8) is 0 Å². The van der Waals surface area contributed by atoms with E-state index in [1.165, 1.54) is 6.07 Å². The number of hydrogen-bond acceptors (Lipinski definition) is 4. The van der Waals surface area contributed by atoms with Crippen molar-refractivity contribution in [2.75, 3.05) is 6.54 Å². The van der Waals surface area contributed by atoms with E-state index in [9.17, 15) is 19.2 Å². The molecule has 0 N–H and O–H groups in total. The third-order valence-electron chi connectivity index (χ3n) is 7.61. The number of hydrazine groups is 1. The van der Waals surface area contributed by atoms with Crippen LogP contribution in [0.25, 0.3) is 0 Å². The van der Waals surface area contributed by atoms with E-state index in [4.69, 9.17) is 11.6 Å². The average molecular weight is 461 g/mol. The number of halogens is 1. The summed E-state index contributed by atoms with van der Waals surface area (Å²) in [5.74, 6) is -1.80. The largest absolute Gasteiger partial charge is 0.292 e. The Morgan fingerprint density at radius 2 is 1.45 bits per heavy atom. The number of nitrogens with zero attached hydrogens (tertiary/aromatic N) is 2. The first kappa shape index (κ1) is 20.4. The molecular weight excluding hydrogens is 440 g/mol. The second kappa shape index (κ2) is 7.39. The van der Waals surface area contributed by atoms with Gasteiger partial charge in [0.05, 0.1) is 22.4 Å². The van der Waals surface area contributed by atoms with E-state index in [0.29, 0.717) is 17.4 Å². The Hall–Kier alpha value is -3.25. The predicted molar refractivity (Wildman–Crippen MR) is 120 cm³/mol. The molecule has 166 valence electrons. The van der Waals surface area contributed by atoms with Crippen molar-refractivity contribution in [3.8, 4) is 0 Å². The molecule has 0 unspecified atom stereocenters. The highest BCUT2D eigenvalue weighted by Crippen LogP contribution is 2.65. The number of rotatable bonds is 5. The first-order valence-electron chi connectivity index (χ1n) is 11.2. The summed E-state index contributed by atoms with van der Waals surface area (Å²) in [7, 11) is 0. The molecule has 0 spiro atoms. The van der Waals surface area contributed by atoms with Crippen LogP contribution in [-0.4, -0.2) is 40.1 Å². The van der Waals surface area contributed by atoms with E-state index < -0.39 is 36.1 Å². The normalized spacial score (nSPS) is 30.8. The van der Waals surface area contributed by atoms with Crippen LogP contribution in [0, 0.1) is 35.5 Å². The molecule has 33 heavy (non-hydrogen) atoms. The second-order valence-corrected chi connectivity index (χ2v) is 9.68. The van der Waals surface area contributed by atoms with Crippen molar-refractivity contribution in [2.24, 2.45) is 35.5 Å². The van der Waals surface area contributed by atoms with Gasteiger partial charge in [0.25, 0.3) is 17.7 Å². The Kier molecular flexibility index (Phi) is 4.56. The molecule has 4 aliphatic carbocycles. The fourth-order valence-corrected chi connectivity index (χ4v) is 6.25. The first-order valence-corrected chi connectivity index (χ1v) is 11.6. The number of amides is 3. The van der Waals surface area contributed by atoms with E-state index in [-0.39, 0.29) is 28.2 Å². The Balaban J connectivity index is 1.38. The van der Waals surface area contributed by atoms with Crippen LogP contribution in [0.1, 0.15) is 27.1 Å². The SMILES string of the molecule is O=C(CN(C(=O)c1ccccc1Cl)N1C(=O)[C@@H]2[C@H]3C=C[C@@H]([C@@H]4C[C@H]34)[C@H]2C1=O)c1ccccc1. The number of hydrogen-bond donors (Lipinski definition) is 0. The van der Waals surface area contributed by atoms with Crippen molar-refractivity contribution in [2.45, 2.75) is 6.42 Å². The second-order valence-electron chi connectivity index (χ2n) is 9.27. The molecule has 2 bridgehead atoms. The summed E-state index contributed by atoms with van der Waals surface area (Å²) in [6.07, 6.45) is 5.19. The van der Waals surface area contributed by atoms with Crippen molar-refractivity contribution >= 4 is 35.1 Å². The molecule has 3 amide bonds. The van der Waals surface area contributed by atoms with E-state index in [2.05, 4.69) is 12.2 Å². The molecule has 7 heteroatoms. The highest BCUT2D eigenvalue weighted by atomic mass is 35.5. The van der Waals surface area contributed by atoms with Gasteiger partial charge in [0.2, 0.25) is 0 Å². The molecule has 1 aliphatic heterocycles. The number of allylic oxidation sites excluding steroid dienone is 2. The molecule has 2 aromatic carbocycles. The monoisotopic (exact) mass is 460 g/mol. The van der Waals surface area contributed by atoms with E-state index >= 15 is 0 Å². The lowest BCUT2D eigenvalue weighted by molar-refractivity contribution is -0.154. The number of ketones is 1. The third-order valence-corrected chi connectivity index (χ3v) is 7.94. The standard InChI is InChI=1S/C26H21ClN2O4/c27-20-9-5-4-8-17(20)24(31)28(13-21(30)14-6-2-1-3-7-14)29-25(32)22-15-10-11-16(19-12-18(15)19)23(22)26(29)33/h1-11,15-16,18-19,22-23H,12-13H2/t15-,16-,18-,19+,22+,23+/m0/s1. The minimum Gasteiger partial charge on any atom is -0.292 e. The molecule has 0 aromatic heterocycles. The molecular formula is C26H21ClN2O4. The van der Waals surface area contributed by atoms with Crippen molar-refractivity contribution in [1.82, 2.24) is 10.0 Å². The maximum atomic E-state index is 13.6. The molecule has 1 heterocycles. The predicted octanol–water partition coefficient (Wildman–Crippen LogP) is 3.63. The van der Waals surface area contributed by atoms with Gasteiger partial charge in [-0.1, -0.05) is 66.2 Å². The Morgan fingerprint density at radius 3 is 2.06 bits per heavy atom. The lowest BCUT2D eigenvalue weighted by Gasteiger charge is -2.37. The molecule has 5 aliphatic rings. The fourth-order valence-electron chi connectivity index (χ4n) is 6.04. The Labute approximate surface area is 195 Å². The van der Waals surface area contributed by atoms with Crippen molar-refractivity contribution in [3.05, 3.63) is 82.9 Å². The zero-order valence-corrected chi connectivity index (χ0v) is 18.4. The Morgan fingerprint density at radius 1 is 0.879 bits per heavy atom. The number of carbonyl (C=O) groups excluding carboxylic acids is 4. The number of imide groups is 1. The number of benzene rings is 2. The molecule has 7 rings (SSSR count). The van der Waals surface area contributed by atoms with Crippen LogP contribution in [-0.2, 0) is 9.59 Å². The number of carbonyl (C=O) groups is 4. The first-order chi connectivity index (χ1) is 16.0. The topological polar surface area (TPSA) is 74.8 Å². The summed E-state index contributed by atoms with van der Waals surface area (Å²) in [6, 6.07) is 15.0. The van der Waals surface area contributed by atoms with E-state index in [1.807, 2.05) is 0 Å². The quantitative estimate of drug-likeness (QED) is 0.388. The summed E-state index contributed by atoms with van der Waals surface area (Å²) >= 11 is 6.27. The highest BCUT2D eigenvalue weighted by Gasteiger charge is 2.68. The zero-order valence-electron chi connectivity index (χ0n) is 17.6. The van der Waals surface area contributed by atoms with Gasteiger partial charge in [0, 0.05) is 5.56 Å². The zero-order chi connectivity index (χ0) is 22.9. The van der Waals surface area contributed by atoms with Gasteiger partial charge in [-0.05, 0) is 42.2 Å². The van der Waals surface area contributed by atoms with Gasteiger partial charge in [0.1, 0.15) is 6.54 Å². The molecule has 6 nitrogen and oxygen atoms in total. The lowest BCUT2D eigenvalue weighted by Crippen LogP contribution is -2.52. The van der Waals surface area contributed by atoms with Gasteiger partial charge in [-0.15, -0.1) is 0 Å². The maximum absolute atomic E-state index is 13.6. The molecule has 0 radical (unpaired) electrons. The smallest absolute Gasteiger partial charge is 0.274 e. The molecule has 2 aromatic rings. The van der Waals surface area contributed by atoms with Crippen LogP contribution in [0.15, 0.2) is 66.7 Å². The van der Waals surface area contributed by atoms with Gasteiger partial charge < -0.3 is 0 Å². The van der Waals surface area contributed by atoms with Gasteiger partial charge in [-0.3, -0.25) is 19.2 Å². The van der Waals surface area contributed by atoms with Gasteiger partial charge >= 0.3 is 0 Å². The molecule has 1 saturated heterocycles. The molecule has 6 atom stereocenters. The lowest BCUT2D eigenvalue weighted by atomic mass is 9.63. The van der Waals surface area contributed by atoms with Gasteiger partial charge in [-0.2, -0.15) is 5.01 Å². The highest BCUT2D eigenvalue weighted by molar-refractivity contribution is 6.34. The Bertz CT molecular complexity index is 1190. The van der Waals surface area contributed by atoms with E-state index in [1.54, 1.807) is 48.5 Å². The third kappa shape index (κ3) is 3.00.